The Hall–Kier alpha value is -1.28. The molecule has 0 spiro atoms. The minimum atomic E-state index is 0.712. The number of hydrogen-bond acceptors (Lipinski definition) is 1. The zero-order valence-corrected chi connectivity index (χ0v) is 10.4. The Morgan fingerprint density at radius 2 is 2.18 bits per heavy atom. The molecule has 1 heterocycles. The molecule has 2 unspecified atom stereocenters. The van der Waals surface area contributed by atoms with Crippen molar-refractivity contribution in [3.63, 3.8) is 0 Å². The molecule has 1 fully saturated rings. The van der Waals surface area contributed by atoms with Crippen LogP contribution in [0.25, 0.3) is 10.9 Å². The summed E-state index contributed by atoms with van der Waals surface area (Å²) in [5.41, 5.74) is 2.74. The van der Waals surface area contributed by atoms with E-state index in [-0.39, 0.29) is 0 Å². The largest absolute Gasteiger partial charge is 0.361 e. The summed E-state index contributed by atoms with van der Waals surface area (Å²) < 4.78 is 0. The van der Waals surface area contributed by atoms with Crippen LogP contribution in [0.15, 0.2) is 30.5 Å². The summed E-state index contributed by atoms with van der Waals surface area (Å²) in [4.78, 5) is 3.37. The second-order valence-electron chi connectivity index (χ2n) is 5.15. The number of H-pyrrole nitrogens is 1. The first-order valence-electron chi connectivity index (χ1n) is 6.61. The van der Waals surface area contributed by atoms with Gasteiger partial charge in [-0.3, -0.25) is 0 Å². The van der Waals surface area contributed by atoms with Crippen molar-refractivity contribution in [2.75, 3.05) is 7.05 Å². The molecular weight excluding hydrogens is 208 g/mol. The van der Waals surface area contributed by atoms with Crippen molar-refractivity contribution >= 4 is 10.9 Å². The van der Waals surface area contributed by atoms with Gasteiger partial charge in [-0.2, -0.15) is 0 Å². The van der Waals surface area contributed by atoms with Crippen molar-refractivity contribution in [3.05, 3.63) is 36.0 Å². The van der Waals surface area contributed by atoms with Crippen molar-refractivity contribution < 1.29 is 0 Å². The van der Waals surface area contributed by atoms with E-state index in [1.54, 1.807) is 0 Å². The van der Waals surface area contributed by atoms with E-state index >= 15 is 0 Å². The zero-order chi connectivity index (χ0) is 11.7. The number of para-hydroxylation sites is 1. The van der Waals surface area contributed by atoms with Gasteiger partial charge in [0.1, 0.15) is 0 Å². The molecule has 2 nitrogen and oxygen atoms in total. The summed E-state index contributed by atoms with van der Waals surface area (Å²) in [5, 5.41) is 4.86. The standard InChI is InChI=1S/C15H20N2/c1-16-14-8-4-5-11(14)9-12-10-17-15-7-3-2-6-13(12)15/h2-3,6-7,10-11,14,16-17H,4-5,8-9H2,1H3. The second-order valence-corrected chi connectivity index (χ2v) is 5.15. The molecule has 0 radical (unpaired) electrons. The summed E-state index contributed by atoms with van der Waals surface area (Å²) in [7, 11) is 2.10. The summed E-state index contributed by atoms with van der Waals surface area (Å²) in [6, 6.07) is 9.31. The lowest BCUT2D eigenvalue weighted by Gasteiger charge is -2.18. The van der Waals surface area contributed by atoms with Gasteiger partial charge in [-0.05, 0) is 43.9 Å². The van der Waals surface area contributed by atoms with E-state index in [1.165, 1.54) is 42.1 Å². The van der Waals surface area contributed by atoms with Gasteiger partial charge in [0.2, 0.25) is 0 Å². The smallest absolute Gasteiger partial charge is 0.0456 e. The Labute approximate surface area is 102 Å². The first-order chi connectivity index (χ1) is 8.38. The third-order valence-electron chi connectivity index (χ3n) is 4.19. The molecule has 1 aromatic heterocycles. The third kappa shape index (κ3) is 1.98. The molecule has 0 bridgehead atoms. The van der Waals surface area contributed by atoms with E-state index in [0.29, 0.717) is 6.04 Å². The summed E-state index contributed by atoms with van der Waals surface area (Å²) in [6.07, 6.45) is 7.47. The molecule has 2 aromatic rings. The molecule has 0 saturated heterocycles. The molecule has 1 aliphatic rings. The van der Waals surface area contributed by atoms with Crippen LogP contribution < -0.4 is 5.32 Å². The van der Waals surface area contributed by atoms with Gasteiger partial charge >= 0.3 is 0 Å². The molecule has 1 aromatic carbocycles. The van der Waals surface area contributed by atoms with Crippen LogP contribution in [0.1, 0.15) is 24.8 Å². The van der Waals surface area contributed by atoms with Crippen molar-refractivity contribution in [2.45, 2.75) is 31.7 Å². The number of aromatic amines is 1. The van der Waals surface area contributed by atoms with Gasteiger partial charge in [0, 0.05) is 23.1 Å². The van der Waals surface area contributed by atoms with Gasteiger partial charge in [0.15, 0.2) is 0 Å². The Morgan fingerprint density at radius 3 is 3.06 bits per heavy atom. The fraction of sp³-hybridized carbons (Fsp3) is 0.467. The van der Waals surface area contributed by atoms with Gasteiger partial charge in [-0.1, -0.05) is 24.6 Å². The van der Waals surface area contributed by atoms with Gasteiger partial charge in [-0.15, -0.1) is 0 Å². The molecule has 2 N–H and O–H groups in total. The van der Waals surface area contributed by atoms with Crippen LogP contribution in [0.3, 0.4) is 0 Å². The molecule has 0 aliphatic heterocycles. The molecule has 3 rings (SSSR count). The number of aromatic nitrogens is 1. The monoisotopic (exact) mass is 228 g/mol. The quantitative estimate of drug-likeness (QED) is 0.830. The predicted octanol–water partition coefficient (Wildman–Crippen LogP) is 3.10. The Bertz CT molecular complexity index is 500. The molecule has 1 saturated carbocycles. The van der Waals surface area contributed by atoms with Crippen molar-refractivity contribution in [1.29, 1.82) is 0 Å². The van der Waals surface area contributed by atoms with Crippen LogP contribution in [0.2, 0.25) is 0 Å². The molecule has 0 amide bonds. The Kier molecular flexibility index (Phi) is 2.89. The number of nitrogens with one attached hydrogen (secondary N) is 2. The minimum Gasteiger partial charge on any atom is -0.361 e. The third-order valence-corrected chi connectivity index (χ3v) is 4.19. The van der Waals surface area contributed by atoms with Gasteiger partial charge in [-0.25, -0.2) is 0 Å². The van der Waals surface area contributed by atoms with E-state index in [1.807, 2.05) is 0 Å². The fourth-order valence-electron chi connectivity index (χ4n) is 3.24. The Morgan fingerprint density at radius 1 is 1.29 bits per heavy atom. The van der Waals surface area contributed by atoms with Crippen LogP contribution in [-0.4, -0.2) is 18.1 Å². The average molecular weight is 228 g/mol. The minimum absolute atomic E-state index is 0.712. The highest BCUT2D eigenvalue weighted by atomic mass is 14.9. The van der Waals surface area contributed by atoms with Crippen LogP contribution in [0, 0.1) is 5.92 Å². The van der Waals surface area contributed by atoms with Gasteiger partial charge < -0.3 is 10.3 Å². The lowest BCUT2D eigenvalue weighted by molar-refractivity contribution is 0.424. The topological polar surface area (TPSA) is 27.8 Å². The van der Waals surface area contributed by atoms with Crippen LogP contribution >= 0.6 is 0 Å². The van der Waals surface area contributed by atoms with E-state index in [2.05, 4.69) is 47.8 Å². The molecule has 2 heteroatoms. The summed E-state index contributed by atoms with van der Waals surface area (Å²) >= 11 is 0. The number of fused-ring (bicyclic) bond motifs is 1. The van der Waals surface area contributed by atoms with E-state index in [9.17, 15) is 0 Å². The molecular formula is C15H20N2. The van der Waals surface area contributed by atoms with Crippen molar-refractivity contribution in [3.8, 4) is 0 Å². The van der Waals surface area contributed by atoms with Crippen molar-refractivity contribution in [1.82, 2.24) is 10.3 Å². The molecule has 90 valence electrons. The van der Waals surface area contributed by atoms with Crippen LogP contribution in [0.5, 0.6) is 0 Å². The van der Waals surface area contributed by atoms with Crippen molar-refractivity contribution in [2.24, 2.45) is 5.92 Å². The normalized spacial score (nSPS) is 24.5. The lowest BCUT2D eigenvalue weighted by atomic mass is 9.94. The highest BCUT2D eigenvalue weighted by molar-refractivity contribution is 5.83. The van der Waals surface area contributed by atoms with E-state index in [4.69, 9.17) is 0 Å². The van der Waals surface area contributed by atoms with Gasteiger partial charge in [0.05, 0.1) is 0 Å². The van der Waals surface area contributed by atoms with Crippen LogP contribution in [-0.2, 0) is 6.42 Å². The summed E-state index contributed by atoms with van der Waals surface area (Å²) in [5.74, 6) is 0.805. The first-order valence-corrected chi connectivity index (χ1v) is 6.61. The highest BCUT2D eigenvalue weighted by Gasteiger charge is 2.26. The maximum absolute atomic E-state index is 3.46. The van der Waals surface area contributed by atoms with Gasteiger partial charge in [0.25, 0.3) is 0 Å². The second kappa shape index (κ2) is 4.53. The van der Waals surface area contributed by atoms with Crippen LogP contribution in [0.4, 0.5) is 0 Å². The SMILES string of the molecule is CNC1CCCC1Cc1c[nH]c2ccccc12. The molecule has 2 atom stereocenters. The molecule has 17 heavy (non-hydrogen) atoms. The van der Waals surface area contributed by atoms with E-state index in [0.717, 1.165) is 5.92 Å². The number of hydrogen-bond donors (Lipinski definition) is 2. The molecule has 1 aliphatic carbocycles. The Balaban J connectivity index is 1.85. The predicted molar refractivity (Wildman–Crippen MR) is 72.2 cm³/mol. The highest BCUT2D eigenvalue weighted by Crippen LogP contribution is 2.30. The maximum atomic E-state index is 3.46. The maximum Gasteiger partial charge on any atom is 0.0456 e. The summed E-state index contributed by atoms with van der Waals surface area (Å²) in [6.45, 7) is 0. The average Bonchev–Trinajstić information content (AvgIpc) is 2.97. The fourth-order valence-corrected chi connectivity index (χ4v) is 3.24. The first kappa shape index (κ1) is 10.8. The zero-order valence-electron chi connectivity index (χ0n) is 10.4. The van der Waals surface area contributed by atoms with E-state index < -0.39 is 0 Å². The lowest BCUT2D eigenvalue weighted by Crippen LogP contribution is -2.29. The number of benzene rings is 1. The number of rotatable bonds is 3.